The van der Waals surface area contributed by atoms with E-state index in [-0.39, 0.29) is 29.8 Å². The zero-order valence-corrected chi connectivity index (χ0v) is 13.3. The molecule has 1 atom stereocenters. The molecule has 1 fully saturated rings. The summed E-state index contributed by atoms with van der Waals surface area (Å²) in [5, 5.41) is 9.82. The molecule has 4 rings (SSSR count). The smallest absolute Gasteiger partial charge is 0.270 e. The molecule has 0 radical (unpaired) electrons. The van der Waals surface area contributed by atoms with Gasteiger partial charge in [-0.3, -0.25) is 19.4 Å². The summed E-state index contributed by atoms with van der Waals surface area (Å²) in [6.45, 7) is 3.67. The highest BCUT2D eigenvalue weighted by Crippen LogP contribution is 2.40. The van der Waals surface area contributed by atoms with Gasteiger partial charge in [-0.25, -0.2) is 0 Å². The lowest BCUT2D eigenvalue weighted by Gasteiger charge is -2.24. The van der Waals surface area contributed by atoms with Gasteiger partial charge in [-0.05, 0) is 26.7 Å². The Bertz CT molecular complexity index is 803. The van der Waals surface area contributed by atoms with E-state index >= 15 is 0 Å². The van der Waals surface area contributed by atoms with E-state index in [0.717, 1.165) is 36.9 Å². The van der Waals surface area contributed by atoms with Crippen LogP contribution in [0.15, 0.2) is 9.32 Å². The molecule has 2 aromatic heterocycles. The second kappa shape index (κ2) is 5.11. The number of hydrogen-bond acceptors (Lipinski definition) is 4. The number of nitrogens with zero attached hydrogens (tertiary/aromatic N) is 2. The van der Waals surface area contributed by atoms with Gasteiger partial charge in [0.25, 0.3) is 5.56 Å². The zero-order valence-electron chi connectivity index (χ0n) is 13.3. The van der Waals surface area contributed by atoms with Crippen LogP contribution >= 0.6 is 0 Å². The summed E-state index contributed by atoms with van der Waals surface area (Å²) in [5.74, 6) is 0.925. The van der Waals surface area contributed by atoms with Crippen LogP contribution in [-0.4, -0.2) is 20.8 Å². The summed E-state index contributed by atoms with van der Waals surface area (Å²) in [6.07, 6.45) is 4.61. The second-order valence-electron chi connectivity index (χ2n) is 6.55. The van der Waals surface area contributed by atoms with Crippen molar-refractivity contribution in [2.75, 3.05) is 5.32 Å². The van der Waals surface area contributed by atoms with Gasteiger partial charge in [-0.15, -0.1) is 0 Å². The minimum Gasteiger partial charge on any atom is -0.361 e. The monoisotopic (exact) mass is 316 g/mol. The fourth-order valence-corrected chi connectivity index (χ4v) is 4.05. The first-order valence-corrected chi connectivity index (χ1v) is 8.13. The lowest BCUT2D eigenvalue weighted by atomic mass is 9.86. The highest BCUT2D eigenvalue weighted by molar-refractivity contribution is 5.94. The maximum absolute atomic E-state index is 12.6. The Balaban J connectivity index is 1.88. The van der Waals surface area contributed by atoms with Crippen LogP contribution in [0.25, 0.3) is 0 Å². The van der Waals surface area contributed by atoms with Crippen LogP contribution in [0.4, 0.5) is 5.82 Å². The van der Waals surface area contributed by atoms with E-state index in [0.29, 0.717) is 17.1 Å². The quantitative estimate of drug-likeness (QED) is 0.889. The molecule has 0 aromatic carbocycles. The number of carbonyl (C=O) groups is 1. The number of carbonyl (C=O) groups excluding carboxylic acids is 1. The van der Waals surface area contributed by atoms with Crippen molar-refractivity contribution >= 4 is 11.7 Å². The Kier molecular flexibility index (Phi) is 3.18. The molecule has 1 aliphatic heterocycles. The van der Waals surface area contributed by atoms with Crippen molar-refractivity contribution in [2.45, 2.75) is 57.9 Å². The van der Waals surface area contributed by atoms with Gasteiger partial charge in [-0.1, -0.05) is 18.0 Å². The fraction of sp³-hybridized carbons (Fsp3) is 0.562. The molecule has 7 nitrogen and oxygen atoms in total. The summed E-state index contributed by atoms with van der Waals surface area (Å²) in [4.78, 5) is 24.8. The van der Waals surface area contributed by atoms with Crippen LogP contribution in [-0.2, 0) is 4.79 Å². The number of aromatic amines is 1. The third kappa shape index (κ3) is 2.14. The van der Waals surface area contributed by atoms with Crippen LogP contribution < -0.4 is 10.9 Å². The van der Waals surface area contributed by atoms with E-state index < -0.39 is 0 Å². The lowest BCUT2D eigenvalue weighted by molar-refractivity contribution is -0.116. The number of H-pyrrole nitrogens is 1. The number of aryl methyl sites for hydroxylation is 2. The Hall–Kier alpha value is -2.31. The van der Waals surface area contributed by atoms with Crippen LogP contribution in [0.2, 0.25) is 0 Å². The van der Waals surface area contributed by atoms with Crippen LogP contribution in [0.5, 0.6) is 0 Å². The highest BCUT2D eigenvalue weighted by Gasteiger charge is 2.37. The first-order chi connectivity index (χ1) is 11.1. The van der Waals surface area contributed by atoms with Crippen molar-refractivity contribution in [3.63, 3.8) is 0 Å². The van der Waals surface area contributed by atoms with Gasteiger partial charge in [0.2, 0.25) is 5.91 Å². The molecule has 7 heteroatoms. The van der Waals surface area contributed by atoms with Gasteiger partial charge in [0.05, 0.1) is 17.3 Å². The number of aromatic nitrogens is 3. The number of anilines is 1. The van der Waals surface area contributed by atoms with E-state index in [1.165, 1.54) is 0 Å². The number of hydrogen-bond donors (Lipinski definition) is 2. The molecular formula is C16H20N4O3. The van der Waals surface area contributed by atoms with Gasteiger partial charge < -0.3 is 9.84 Å². The maximum atomic E-state index is 12.6. The molecule has 0 bridgehead atoms. The van der Waals surface area contributed by atoms with Crippen molar-refractivity contribution in [3.05, 3.63) is 32.9 Å². The molecule has 1 unspecified atom stereocenters. The van der Waals surface area contributed by atoms with Gasteiger partial charge in [0.15, 0.2) is 0 Å². The van der Waals surface area contributed by atoms with Gasteiger partial charge in [-0.2, -0.15) is 0 Å². The SMILES string of the molecule is Cc1noc(C)c1C1CC(=O)Nc2c1c(=O)[nH]n2C1CCCC1. The molecule has 122 valence electrons. The maximum Gasteiger partial charge on any atom is 0.270 e. The molecule has 0 spiro atoms. The van der Waals surface area contributed by atoms with Crippen molar-refractivity contribution in [2.24, 2.45) is 0 Å². The topological polar surface area (TPSA) is 92.9 Å². The molecule has 2 aliphatic rings. The summed E-state index contributed by atoms with van der Waals surface area (Å²) in [5.41, 5.74) is 2.10. The minimum absolute atomic E-state index is 0.0757. The second-order valence-corrected chi connectivity index (χ2v) is 6.55. The standard InChI is InChI=1S/C16H20N4O3/c1-8-13(9(2)23-19-8)11-7-12(21)17-15-14(11)16(22)18-20(15)10-5-3-4-6-10/h10-11H,3-7H2,1-2H3,(H,17,21)(H,18,22). The molecule has 1 saturated carbocycles. The van der Waals surface area contributed by atoms with E-state index in [2.05, 4.69) is 15.6 Å². The van der Waals surface area contributed by atoms with Crippen molar-refractivity contribution < 1.29 is 9.32 Å². The summed E-state index contributed by atoms with van der Waals surface area (Å²) >= 11 is 0. The number of amides is 1. The van der Waals surface area contributed by atoms with E-state index in [4.69, 9.17) is 4.52 Å². The molecule has 1 aliphatic carbocycles. The van der Waals surface area contributed by atoms with E-state index in [9.17, 15) is 9.59 Å². The van der Waals surface area contributed by atoms with E-state index in [1.807, 2.05) is 18.5 Å². The first-order valence-electron chi connectivity index (χ1n) is 8.13. The van der Waals surface area contributed by atoms with Gasteiger partial charge >= 0.3 is 0 Å². The van der Waals surface area contributed by atoms with Gasteiger partial charge in [0, 0.05) is 17.9 Å². The van der Waals surface area contributed by atoms with Crippen LogP contribution in [0.1, 0.15) is 66.6 Å². The number of nitrogens with one attached hydrogen (secondary N) is 2. The average Bonchev–Trinajstić information content (AvgIpc) is 3.20. The summed E-state index contributed by atoms with van der Waals surface area (Å²) in [6, 6.07) is 0.259. The predicted octanol–water partition coefficient (Wildman–Crippen LogP) is 2.37. The number of fused-ring (bicyclic) bond motifs is 1. The average molecular weight is 316 g/mol. The molecular weight excluding hydrogens is 296 g/mol. The molecule has 2 aromatic rings. The summed E-state index contributed by atoms with van der Waals surface area (Å²) in [7, 11) is 0. The molecule has 3 heterocycles. The first kappa shape index (κ1) is 14.3. The molecule has 0 saturated heterocycles. The van der Waals surface area contributed by atoms with E-state index in [1.54, 1.807) is 0 Å². The number of rotatable bonds is 2. The Morgan fingerprint density at radius 2 is 1.91 bits per heavy atom. The highest BCUT2D eigenvalue weighted by atomic mass is 16.5. The van der Waals surface area contributed by atoms with Crippen molar-refractivity contribution in [1.82, 2.24) is 14.9 Å². The molecule has 23 heavy (non-hydrogen) atoms. The fourth-order valence-electron chi connectivity index (χ4n) is 4.05. The molecule has 1 amide bonds. The van der Waals surface area contributed by atoms with Crippen LogP contribution in [0.3, 0.4) is 0 Å². The van der Waals surface area contributed by atoms with Gasteiger partial charge in [0.1, 0.15) is 11.6 Å². The largest absolute Gasteiger partial charge is 0.361 e. The Morgan fingerprint density at radius 1 is 1.17 bits per heavy atom. The Morgan fingerprint density at radius 3 is 2.57 bits per heavy atom. The van der Waals surface area contributed by atoms with Crippen molar-refractivity contribution in [1.29, 1.82) is 0 Å². The lowest BCUT2D eigenvalue weighted by Crippen LogP contribution is -2.27. The normalized spacial score (nSPS) is 21.5. The summed E-state index contributed by atoms with van der Waals surface area (Å²) < 4.78 is 7.11. The molecule has 2 N–H and O–H groups in total. The minimum atomic E-state index is -0.295. The predicted molar refractivity (Wildman–Crippen MR) is 83.6 cm³/mol. The van der Waals surface area contributed by atoms with Crippen LogP contribution in [0, 0.1) is 13.8 Å². The Labute approximate surface area is 133 Å². The van der Waals surface area contributed by atoms with Crippen molar-refractivity contribution in [3.8, 4) is 0 Å². The third-order valence-electron chi connectivity index (χ3n) is 5.09. The zero-order chi connectivity index (χ0) is 16.1. The third-order valence-corrected chi connectivity index (χ3v) is 5.09.